The highest BCUT2D eigenvalue weighted by molar-refractivity contribution is 8.29. The molecule has 9 heavy (non-hydrogen) atoms. The van der Waals surface area contributed by atoms with Crippen molar-refractivity contribution in [3.63, 3.8) is 0 Å². The number of nitrogens with one attached hydrogen (secondary N) is 1. The lowest BCUT2D eigenvalue weighted by atomic mass is 10.7. The molecule has 0 radical (unpaired) electrons. The molecular weight excluding hydrogens is 162 g/mol. The van der Waals surface area contributed by atoms with Gasteiger partial charge < -0.3 is 9.87 Å². The van der Waals surface area contributed by atoms with E-state index in [1.165, 1.54) is 6.92 Å². The van der Waals surface area contributed by atoms with Crippen molar-refractivity contribution in [2.75, 3.05) is 5.88 Å². The lowest BCUT2D eigenvalue weighted by molar-refractivity contribution is -0.118. The third-order valence-corrected chi connectivity index (χ3v) is 1.35. The summed E-state index contributed by atoms with van der Waals surface area (Å²) in [7, 11) is -3.47. The summed E-state index contributed by atoms with van der Waals surface area (Å²) >= 11 is 3.96. The van der Waals surface area contributed by atoms with Gasteiger partial charge in [-0.1, -0.05) is 0 Å². The topological polar surface area (TPSA) is 69.2 Å². The standard InChI is InChI=1S/C3H7NO3S2/c1-3(5)4-2-9(6,7)8/h2H2,1H3,(H,4,5)(H,6,7,8)/p-1. The fourth-order valence-electron chi connectivity index (χ4n) is 0.190. The molecule has 0 aromatic carbocycles. The lowest BCUT2D eigenvalue weighted by Crippen LogP contribution is -2.26. The minimum absolute atomic E-state index is 0.400. The number of rotatable bonds is 2. The quantitative estimate of drug-likeness (QED) is 0.571. The molecule has 0 bridgehead atoms. The molecule has 54 valence electrons. The molecular formula is C3H6NO3S2-. The second-order valence-corrected chi connectivity index (χ2v) is 4.36. The summed E-state index contributed by atoms with van der Waals surface area (Å²) in [4.78, 5) is 10.1. The molecule has 0 aromatic heterocycles. The molecule has 6 heteroatoms. The van der Waals surface area contributed by atoms with Gasteiger partial charge in [-0.25, -0.2) is 0 Å². The zero-order chi connectivity index (χ0) is 7.49. The van der Waals surface area contributed by atoms with Crippen LogP contribution in [0.25, 0.3) is 0 Å². The van der Waals surface area contributed by atoms with Crippen molar-refractivity contribution in [2.24, 2.45) is 0 Å². The van der Waals surface area contributed by atoms with E-state index >= 15 is 0 Å². The Bertz CT molecular complexity index is 195. The van der Waals surface area contributed by atoms with Crippen LogP contribution in [0.1, 0.15) is 6.92 Å². The van der Waals surface area contributed by atoms with Crippen LogP contribution in [0.2, 0.25) is 0 Å². The van der Waals surface area contributed by atoms with E-state index < -0.39 is 20.6 Å². The summed E-state index contributed by atoms with van der Waals surface area (Å²) in [6.45, 7) is 1.22. The first-order valence-electron chi connectivity index (χ1n) is 2.10. The first-order chi connectivity index (χ1) is 3.92. The molecule has 0 aliphatic carbocycles. The summed E-state index contributed by atoms with van der Waals surface area (Å²) in [6.07, 6.45) is 0. The Morgan fingerprint density at radius 3 is 2.44 bits per heavy atom. The van der Waals surface area contributed by atoms with Gasteiger partial charge in [0.2, 0.25) is 5.91 Å². The van der Waals surface area contributed by atoms with Gasteiger partial charge in [-0.2, -0.15) is 0 Å². The van der Waals surface area contributed by atoms with E-state index in [0.29, 0.717) is 0 Å². The van der Waals surface area contributed by atoms with Gasteiger partial charge in [0.25, 0.3) is 0 Å². The van der Waals surface area contributed by atoms with Gasteiger partial charge in [-0.3, -0.25) is 9.00 Å². The van der Waals surface area contributed by atoms with Gasteiger partial charge in [0, 0.05) is 6.92 Å². The third-order valence-electron chi connectivity index (χ3n) is 0.498. The first-order valence-corrected chi connectivity index (χ1v) is 4.67. The van der Waals surface area contributed by atoms with Crippen molar-refractivity contribution in [1.82, 2.24) is 5.32 Å². The van der Waals surface area contributed by atoms with Gasteiger partial charge in [-0.15, -0.1) is 0 Å². The molecule has 1 atom stereocenters. The normalized spacial score (nSPS) is 16.2. The maximum atomic E-state index is 10.1. The first kappa shape index (κ1) is 8.80. The van der Waals surface area contributed by atoms with E-state index in [2.05, 4.69) is 16.5 Å². The molecule has 0 rings (SSSR count). The largest absolute Gasteiger partial charge is 0.768 e. The molecule has 1 N–H and O–H groups in total. The van der Waals surface area contributed by atoms with Crippen molar-refractivity contribution < 1.29 is 13.6 Å². The maximum absolute atomic E-state index is 10.1. The predicted octanol–water partition coefficient (Wildman–Crippen LogP) is -1.04. The van der Waals surface area contributed by atoms with E-state index in [1.54, 1.807) is 0 Å². The molecule has 1 unspecified atom stereocenters. The van der Waals surface area contributed by atoms with Gasteiger partial charge in [0.05, 0.1) is 5.88 Å². The monoisotopic (exact) mass is 168 g/mol. The Kier molecular flexibility index (Phi) is 3.02. The van der Waals surface area contributed by atoms with Crippen molar-refractivity contribution >= 4 is 25.9 Å². The highest BCUT2D eigenvalue weighted by atomic mass is 32.8. The van der Waals surface area contributed by atoms with Crippen LogP contribution in [0.4, 0.5) is 0 Å². The SMILES string of the molecule is CC(=O)NCS(=O)([O-])=S. The number of hydrogen-bond acceptors (Lipinski definition) is 4. The molecule has 0 saturated carbocycles. The molecule has 0 aliphatic rings. The summed E-state index contributed by atoms with van der Waals surface area (Å²) in [5.74, 6) is -0.860. The molecule has 4 nitrogen and oxygen atoms in total. The average molecular weight is 168 g/mol. The van der Waals surface area contributed by atoms with Crippen LogP contribution >= 0.6 is 0 Å². The van der Waals surface area contributed by atoms with E-state index in [4.69, 9.17) is 0 Å². The van der Waals surface area contributed by atoms with Crippen LogP contribution in [-0.4, -0.2) is 20.5 Å². The van der Waals surface area contributed by atoms with E-state index in [-0.39, 0.29) is 0 Å². The van der Waals surface area contributed by atoms with Crippen LogP contribution < -0.4 is 5.32 Å². The molecule has 0 spiro atoms. The van der Waals surface area contributed by atoms with E-state index in [1.807, 2.05) is 0 Å². The van der Waals surface area contributed by atoms with Crippen LogP contribution in [0, 0.1) is 0 Å². The zero-order valence-corrected chi connectivity index (χ0v) is 6.38. The molecule has 0 aromatic rings. The minimum atomic E-state index is -3.47. The number of hydrogen-bond donors (Lipinski definition) is 1. The summed E-state index contributed by atoms with van der Waals surface area (Å²) in [5.41, 5.74) is 0. The molecule has 0 aliphatic heterocycles. The van der Waals surface area contributed by atoms with Gasteiger partial charge in [0.15, 0.2) is 0 Å². The van der Waals surface area contributed by atoms with Crippen molar-refractivity contribution in [3.05, 3.63) is 0 Å². The average Bonchev–Trinajstić information content (AvgIpc) is 1.59. The Hall–Kier alpha value is -0.200. The second-order valence-electron chi connectivity index (χ2n) is 1.43. The molecule has 0 fully saturated rings. The predicted molar refractivity (Wildman–Crippen MR) is 35.0 cm³/mol. The van der Waals surface area contributed by atoms with Crippen molar-refractivity contribution in [1.29, 1.82) is 0 Å². The maximum Gasteiger partial charge on any atom is 0.217 e. The van der Waals surface area contributed by atoms with Crippen LogP contribution in [0.3, 0.4) is 0 Å². The van der Waals surface area contributed by atoms with Crippen molar-refractivity contribution in [2.45, 2.75) is 6.92 Å². The van der Waals surface area contributed by atoms with Crippen LogP contribution in [0.15, 0.2) is 0 Å². The fraction of sp³-hybridized carbons (Fsp3) is 0.667. The third kappa shape index (κ3) is 7.80. The van der Waals surface area contributed by atoms with E-state index in [0.717, 1.165) is 0 Å². The number of carbonyl (C=O) groups excluding carboxylic acids is 1. The fourth-order valence-corrected chi connectivity index (χ4v) is 0.747. The number of amides is 1. The highest BCUT2D eigenvalue weighted by Gasteiger charge is 1.90. The Morgan fingerprint density at radius 2 is 2.33 bits per heavy atom. The van der Waals surface area contributed by atoms with Gasteiger partial charge >= 0.3 is 0 Å². The Labute approximate surface area is 58.1 Å². The minimum Gasteiger partial charge on any atom is -0.768 e. The number of carbonyl (C=O) groups is 1. The molecule has 1 amide bonds. The Morgan fingerprint density at radius 1 is 1.89 bits per heavy atom. The summed E-state index contributed by atoms with van der Waals surface area (Å²) in [5, 5.41) is 2.05. The molecule has 0 saturated heterocycles. The summed E-state index contributed by atoms with van der Waals surface area (Å²) in [6, 6.07) is 0. The second kappa shape index (κ2) is 3.09. The summed E-state index contributed by atoms with van der Waals surface area (Å²) < 4.78 is 20.3. The zero-order valence-electron chi connectivity index (χ0n) is 4.75. The Balaban J connectivity index is 3.67. The van der Waals surface area contributed by atoms with Gasteiger partial charge in [0.1, 0.15) is 0 Å². The smallest absolute Gasteiger partial charge is 0.217 e. The van der Waals surface area contributed by atoms with Crippen molar-refractivity contribution in [3.8, 4) is 0 Å². The van der Waals surface area contributed by atoms with Gasteiger partial charge in [-0.05, 0) is 20.0 Å². The van der Waals surface area contributed by atoms with Crippen LogP contribution in [0.5, 0.6) is 0 Å². The lowest BCUT2D eigenvalue weighted by Gasteiger charge is -2.09. The van der Waals surface area contributed by atoms with Crippen LogP contribution in [-0.2, 0) is 24.8 Å². The highest BCUT2D eigenvalue weighted by Crippen LogP contribution is 1.76. The van der Waals surface area contributed by atoms with E-state index in [9.17, 15) is 13.6 Å². The molecule has 0 heterocycles.